The van der Waals surface area contributed by atoms with Crippen molar-refractivity contribution in [1.29, 1.82) is 0 Å². The van der Waals surface area contributed by atoms with Gasteiger partial charge in [-0.1, -0.05) is 19.1 Å². The molecule has 0 radical (unpaired) electrons. The fraction of sp³-hybridized carbons (Fsp3) is 0.462. The second-order valence-corrected chi connectivity index (χ2v) is 5.29. The molecular weight excluding hydrogens is 232 g/mol. The Bertz CT molecular complexity index is 380. The van der Waals surface area contributed by atoms with Gasteiger partial charge in [0.1, 0.15) is 0 Å². The lowest BCUT2D eigenvalue weighted by Crippen LogP contribution is -2.30. The zero-order valence-corrected chi connectivity index (χ0v) is 11.5. The van der Waals surface area contributed by atoms with Crippen molar-refractivity contribution in [3.05, 3.63) is 29.3 Å². The van der Waals surface area contributed by atoms with Gasteiger partial charge < -0.3 is 10.6 Å². The van der Waals surface area contributed by atoms with Gasteiger partial charge in [-0.3, -0.25) is 0 Å². The molecule has 4 heteroatoms. The average molecular weight is 252 g/mol. The number of carbonyl (C=O) groups is 1. The monoisotopic (exact) mass is 252 g/mol. The molecule has 0 aromatic heterocycles. The number of amides is 2. The van der Waals surface area contributed by atoms with Crippen LogP contribution in [0.5, 0.6) is 0 Å². The van der Waals surface area contributed by atoms with E-state index in [9.17, 15) is 4.79 Å². The van der Waals surface area contributed by atoms with Crippen molar-refractivity contribution in [2.24, 2.45) is 0 Å². The van der Waals surface area contributed by atoms with Crippen LogP contribution in [0.1, 0.15) is 18.1 Å². The number of urea groups is 1. The summed E-state index contributed by atoms with van der Waals surface area (Å²) in [5.41, 5.74) is 3.10. The first-order chi connectivity index (χ1) is 8.13. The third-order valence-electron chi connectivity index (χ3n) is 2.38. The minimum Gasteiger partial charge on any atom is -0.337 e. The topological polar surface area (TPSA) is 41.1 Å². The minimum atomic E-state index is -0.129. The van der Waals surface area contributed by atoms with E-state index in [1.165, 1.54) is 0 Å². The Kier molecular flexibility index (Phi) is 5.91. The van der Waals surface area contributed by atoms with Crippen molar-refractivity contribution in [3.8, 4) is 0 Å². The van der Waals surface area contributed by atoms with Gasteiger partial charge in [0, 0.05) is 18.0 Å². The molecule has 0 aliphatic carbocycles. The summed E-state index contributed by atoms with van der Waals surface area (Å²) in [6, 6.07) is 5.90. The molecular formula is C13H20N2OS. The molecule has 1 aromatic rings. The van der Waals surface area contributed by atoms with Crippen molar-refractivity contribution in [3.63, 3.8) is 0 Å². The molecule has 0 heterocycles. The van der Waals surface area contributed by atoms with Crippen LogP contribution in [0.25, 0.3) is 0 Å². The highest BCUT2D eigenvalue weighted by atomic mass is 32.2. The third kappa shape index (κ3) is 5.13. The van der Waals surface area contributed by atoms with Crippen LogP contribution in [0.2, 0.25) is 0 Å². The molecule has 0 unspecified atom stereocenters. The molecule has 17 heavy (non-hydrogen) atoms. The van der Waals surface area contributed by atoms with Gasteiger partial charge in [-0.05, 0) is 36.8 Å². The van der Waals surface area contributed by atoms with Crippen molar-refractivity contribution in [2.45, 2.75) is 20.8 Å². The fourth-order valence-electron chi connectivity index (χ4n) is 1.42. The summed E-state index contributed by atoms with van der Waals surface area (Å²) >= 11 is 1.82. The number of aryl methyl sites for hydroxylation is 2. The second-order valence-electron chi connectivity index (χ2n) is 3.90. The van der Waals surface area contributed by atoms with Gasteiger partial charge in [-0.2, -0.15) is 11.8 Å². The molecule has 3 nitrogen and oxygen atoms in total. The van der Waals surface area contributed by atoms with Gasteiger partial charge in [-0.25, -0.2) is 4.79 Å². The van der Waals surface area contributed by atoms with Gasteiger partial charge in [0.15, 0.2) is 0 Å². The Balaban J connectivity index is 2.42. The van der Waals surface area contributed by atoms with E-state index in [-0.39, 0.29) is 6.03 Å². The number of nitrogens with one attached hydrogen (secondary N) is 2. The van der Waals surface area contributed by atoms with Crippen LogP contribution in [-0.2, 0) is 0 Å². The number of carbonyl (C=O) groups excluding carboxylic acids is 1. The highest BCUT2D eigenvalue weighted by Crippen LogP contribution is 2.15. The molecule has 0 bridgehead atoms. The number of benzene rings is 1. The Morgan fingerprint density at radius 1 is 1.35 bits per heavy atom. The predicted octanol–water partition coefficient (Wildman–Crippen LogP) is 3.18. The number of hydrogen-bond donors (Lipinski definition) is 2. The Hall–Kier alpha value is -1.16. The Morgan fingerprint density at radius 2 is 2.12 bits per heavy atom. The van der Waals surface area contributed by atoms with E-state index in [1.54, 1.807) is 0 Å². The number of thioether (sulfide) groups is 1. The zero-order chi connectivity index (χ0) is 12.7. The van der Waals surface area contributed by atoms with Crippen molar-refractivity contribution in [1.82, 2.24) is 5.32 Å². The molecule has 94 valence electrons. The van der Waals surface area contributed by atoms with E-state index < -0.39 is 0 Å². The molecule has 2 amide bonds. The van der Waals surface area contributed by atoms with Crippen LogP contribution in [-0.4, -0.2) is 24.1 Å². The van der Waals surface area contributed by atoms with E-state index in [2.05, 4.69) is 17.6 Å². The maximum absolute atomic E-state index is 11.6. The van der Waals surface area contributed by atoms with E-state index in [4.69, 9.17) is 0 Å². The van der Waals surface area contributed by atoms with Crippen LogP contribution in [0, 0.1) is 13.8 Å². The van der Waals surface area contributed by atoms with Crippen molar-refractivity contribution >= 4 is 23.5 Å². The average Bonchev–Trinajstić information content (AvgIpc) is 2.29. The third-order valence-corrected chi connectivity index (χ3v) is 3.28. The lowest BCUT2D eigenvalue weighted by Gasteiger charge is -2.10. The van der Waals surface area contributed by atoms with E-state index in [1.807, 2.05) is 43.8 Å². The molecule has 0 saturated heterocycles. The van der Waals surface area contributed by atoms with Crippen LogP contribution < -0.4 is 10.6 Å². The van der Waals surface area contributed by atoms with Crippen LogP contribution in [0.3, 0.4) is 0 Å². The van der Waals surface area contributed by atoms with Gasteiger partial charge in [0.2, 0.25) is 0 Å². The molecule has 0 aliphatic rings. The number of rotatable bonds is 5. The standard InChI is InChI=1S/C13H20N2OS/c1-4-17-8-7-14-13(16)15-12-9-10(2)5-6-11(12)3/h5-6,9H,4,7-8H2,1-3H3,(H2,14,15,16). The summed E-state index contributed by atoms with van der Waals surface area (Å²) in [6.07, 6.45) is 0. The van der Waals surface area contributed by atoms with Crippen LogP contribution in [0.4, 0.5) is 10.5 Å². The molecule has 0 fully saturated rings. The zero-order valence-electron chi connectivity index (χ0n) is 10.7. The van der Waals surface area contributed by atoms with Gasteiger partial charge in [0.05, 0.1) is 0 Å². The summed E-state index contributed by atoms with van der Waals surface area (Å²) in [5.74, 6) is 2.04. The predicted molar refractivity (Wildman–Crippen MR) is 75.9 cm³/mol. The van der Waals surface area contributed by atoms with Crippen molar-refractivity contribution < 1.29 is 4.79 Å². The summed E-state index contributed by atoms with van der Waals surface area (Å²) in [6.45, 7) is 6.82. The highest BCUT2D eigenvalue weighted by molar-refractivity contribution is 7.99. The number of anilines is 1. The van der Waals surface area contributed by atoms with Gasteiger partial charge >= 0.3 is 6.03 Å². The van der Waals surface area contributed by atoms with Crippen LogP contribution >= 0.6 is 11.8 Å². The molecule has 2 N–H and O–H groups in total. The molecule has 0 atom stereocenters. The molecule has 1 aromatic carbocycles. The summed E-state index contributed by atoms with van der Waals surface area (Å²) in [4.78, 5) is 11.6. The maximum Gasteiger partial charge on any atom is 0.319 e. The normalized spacial score (nSPS) is 10.1. The summed E-state index contributed by atoms with van der Waals surface area (Å²) in [5, 5.41) is 5.71. The second kappa shape index (κ2) is 7.22. The molecule has 0 spiro atoms. The van der Waals surface area contributed by atoms with Crippen LogP contribution in [0.15, 0.2) is 18.2 Å². The molecule has 0 aliphatic heterocycles. The van der Waals surface area contributed by atoms with Crippen molar-refractivity contribution in [2.75, 3.05) is 23.4 Å². The smallest absolute Gasteiger partial charge is 0.319 e. The molecule has 1 rings (SSSR count). The maximum atomic E-state index is 11.6. The van der Waals surface area contributed by atoms with Gasteiger partial charge in [0.25, 0.3) is 0 Å². The number of hydrogen-bond acceptors (Lipinski definition) is 2. The minimum absolute atomic E-state index is 0.129. The first-order valence-corrected chi connectivity index (χ1v) is 6.98. The largest absolute Gasteiger partial charge is 0.337 e. The lowest BCUT2D eigenvalue weighted by molar-refractivity contribution is 0.252. The van der Waals surface area contributed by atoms with E-state index in [0.29, 0.717) is 6.54 Å². The fourth-order valence-corrected chi connectivity index (χ4v) is 1.95. The van der Waals surface area contributed by atoms with Gasteiger partial charge in [-0.15, -0.1) is 0 Å². The quantitative estimate of drug-likeness (QED) is 0.790. The lowest BCUT2D eigenvalue weighted by atomic mass is 10.1. The summed E-state index contributed by atoms with van der Waals surface area (Å²) in [7, 11) is 0. The van der Waals surface area contributed by atoms with E-state index in [0.717, 1.165) is 28.3 Å². The highest BCUT2D eigenvalue weighted by Gasteiger charge is 2.03. The summed E-state index contributed by atoms with van der Waals surface area (Å²) < 4.78 is 0. The van der Waals surface area contributed by atoms with E-state index >= 15 is 0 Å². The SMILES string of the molecule is CCSCCNC(=O)Nc1cc(C)ccc1C. The first-order valence-electron chi connectivity index (χ1n) is 5.83. The Morgan fingerprint density at radius 3 is 2.82 bits per heavy atom. The molecule has 0 saturated carbocycles. The Labute approximate surface area is 107 Å². The first kappa shape index (κ1) is 13.9.